The van der Waals surface area contributed by atoms with Crippen molar-refractivity contribution in [2.45, 2.75) is 52.5 Å². The topological polar surface area (TPSA) is 78.5 Å². The second kappa shape index (κ2) is 10.8. The molecule has 5 nitrogen and oxygen atoms in total. The SMILES string of the molecule is CC(=CC(C)c1ccccc1)C(C)C(=O)NC(C)(C)CC(=O)O[O-].[Na+]. The fourth-order valence-corrected chi connectivity index (χ4v) is 2.47. The van der Waals surface area contributed by atoms with Crippen LogP contribution in [0.5, 0.6) is 0 Å². The molecular formula is C19H26NNaO4. The summed E-state index contributed by atoms with van der Waals surface area (Å²) in [6.07, 6.45) is 1.90. The van der Waals surface area contributed by atoms with Gasteiger partial charge in [-0.3, -0.25) is 9.59 Å². The summed E-state index contributed by atoms with van der Waals surface area (Å²) in [6, 6.07) is 10.1. The number of allylic oxidation sites excluding steroid dienone is 1. The molecule has 0 aliphatic heterocycles. The molecule has 1 aromatic rings. The third kappa shape index (κ3) is 8.19. The zero-order chi connectivity index (χ0) is 18.3. The van der Waals surface area contributed by atoms with Crippen molar-refractivity contribution in [3.63, 3.8) is 0 Å². The van der Waals surface area contributed by atoms with Gasteiger partial charge in [0, 0.05) is 5.54 Å². The molecule has 0 saturated carbocycles. The monoisotopic (exact) mass is 355 g/mol. The number of hydrogen-bond donors (Lipinski definition) is 1. The molecule has 1 aromatic carbocycles. The van der Waals surface area contributed by atoms with Gasteiger partial charge in [0.1, 0.15) is 0 Å². The molecule has 0 bridgehead atoms. The average molecular weight is 355 g/mol. The summed E-state index contributed by atoms with van der Waals surface area (Å²) in [7, 11) is 0. The first kappa shape index (κ1) is 23.9. The van der Waals surface area contributed by atoms with Crippen LogP contribution in [0.25, 0.3) is 0 Å². The standard InChI is InChI=1S/C19H27NO4.Na/c1-13(11-14(2)16-9-7-6-8-10-16)15(3)18(22)20-19(4,5)12-17(21)24-23;/h6-11,14-15,23H,12H2,1-5H3,(H,20,22);/q;+1/p-1. The van der Waals surface area contributed by atoms with Crippen molar-refractivity contribution in [2.75, 3.05) is 0 Å². The van der Waals surface area contributed by atoms with Gasteiger partial charge >= 0.3 is 35.5 Å². The maximum absolute atomic E-state index is 12.4. The Hall–Kier alpha value is -1.14. The minimum atomic E-state index is -0.891. The Morgan fingerprint density at radius 1 is 1.24 bits per heavy atom. The van der Waals surface area contributed by atoms with E-state index in [9.17, 15) is 14.8 Å². The van der Waals surface area contributed by atoms with E-state index in [0.717, 1.165) is 5.57 Å². The van der Waals surface area contributed by atoms with Crippen LogP contribution in [0.15, 0.2) is 42.0 Å². The first-order chi connectivity index (χ1) is 11.2. The van der Waals surface area contributed by atoms with Crippen LogP contribution in [0, 0.1) is 5.92 Å². The van der Waals surface area contributed by atoms with Gasteiger partial charge < -0.3 is 15.5 Å². The maximum Gasteiger partial charge on any atom is 1.00 e. The molecule has 2 atom stereocenters. The van der Waals surface area contributed by atoms with Crippen molar-refractivity contribution in [1.82, 2.24) is 5.32 Å². The molecule has 0 aromatic heterocycles. The van der Waals surface area contributed by atoms with Crippen LogP contribution in [0.4, 0.5) is 0 Å². The Morgan fingerprint density at radius 3 is 2.32 bits per heavy atom. The number of rotatable bonds is 7. The largest absolute Gasteiger partial charge is 1.00 e. The zero-order valence-corrected chi connectivity index (χ0v) is 18.0. The zero-order valence-electron chi connectivity index (χ0n) is 16.0. The molecule has 1 rings (SSSR count). The number of benzene rings is 1. The summed E-state index contributed by atoms with van der Waals surface area (Å²) in [5.41, 5.74) is 1.30. The minimum Gasteiger partial charge on any atom is -0.662 e. The number of carbonyl (C=O) groups is 2. The van der Waals surface area contributed by atoms with Gasteiger partial charge in [0.2, 0.25) is 5.91 Å². The summed E-state index contributed by atoms with van der Waals surface area (Å²) >= 11 is 0. The van der Waals surface area contributed by atoms with Gasteiger partial charge in [-0.05, 0) is 39.2 Å². The third-order valence-corrected chi connectivity index (χ3v) is 4.06. The van der Waals surface area contributed by atoms with Crippen LogP contribution < -0.4 is 40.1 Å². The number of carbonyl (C=O) groups excluding carboxylic acids is 2. The van der Waals surface area contributed by atoms with Crippen molar-refractivity contribution < 1.29 is 49.3 Å². The van der Waals surface area contributed by atoms with Gasteiger partial charge in [-0.2, -0.15) is 0 Å². The molecule has 6 heteroatoms. The Bertz CT molecular complexity index is 599. The van der Waals surface area contributed by atoms with E-state index in [4.69, 9.17) is 0 Å². The average Bonchev–Trinajstić information content (AvgIpc) is 2.53. The van der Waals surface area contributed by atoms with E-state index >= 15 is 0 Å². The van der Waals surface area contributed by atoms with Gasteiger partial charge in [-0.25, -0.2) is 0 Å². The van der Waals surface area contributed by atoms with Gasteiger partial charge in [0.25, 0.3) is 0 Å². The predicted octanol–water partition coefficient (Wildman–Crippen LogP) is -0.520. The number of nitrogens with one attached hydrogen (secondary N) is 1. The summed E-state index contributed by atoms with van der Waals surface area (Å²) < 4.78 is 0. The van der Waals surface area contributed by atoms with E-state index < -0.39 is 11.5 Å². The fourth-order valence-electron chi connectivity index (χ4n) is 2.47. The summed E-state index contributed by atoms with van der Waals surface area (Å²) in [6.45, 7) is 9.18. The van der Waals surface area contributed by atoms with E-state index in [0.29, 0.717) is 0 Å². The van der Waals surface area contributed by atoms with E-state index in [-0.39, 0.29) is 53.7 Å². The molecular weight excluding hydrogens is 329 g/mol. The Labute approximate surface area is 172 Å². The van der Waals surface area contributed by atoms with Crippen LogP contribution in [0.3, 0.4) is 0 Å². The second-order valence-electron chi connectivity index (χ2n) is 6.84. The van der Waals surface area contributed by atoms with Crippen LogP contribution >= 0.6 is 0 Å². The van der Waals surface area contributed by atoms with Crippen LogP contribution in [-0.4, -0.2) is 17.4 Å². The van der Waals surface area contributed by atoms with E-state index in [2.05, 4.69) is 35.3 Å². The molecule has 0 saturated heterocycles. The minimum absolute atomic E-state index is 0. The van der Waals surface area contributed by atoms with Crippen molar-refractivity contribution in [3.05, 3.63) is 47.5 Å². The molecule has 1 N–H and O–H groups in total. The quantitative estimate of drug-likeness (QED) is 0.309. The summed E-state index contributed by atoms with van der Waals surface area (Å²) in [5, 5.41) is 12.9. The van der Waals surface area contributed by atoms with E-state index in [1.807, 2.05) is 32.0 Å². The summed E-state index contributed by atoms with van der Waals surface area (Å²) in [4.78, 5) is 26.9. The second-order valence-corrected chi connectivity index (χ2v) is 6.84. The van der Waals surface area contributed by atoms with Crippen molar-refractivity contribution in [2.24, 2.45) is 5.92 Å². The first-order valence-corrected chi connectivity index (χ1v) is 8.04. The molecule has 1 amide bonds. The summed E-state index contributed by atoms with van der Waals surface area (Å²) in [5.74, 6) is -1.21. The molecule has 0 aliphatic carbocycles. The normalized spacial score (nSPS) is 14.1. The van der Waals surface area contributed by atoms with Crippen LogP contribution in [-0.2, 0) is 14.5 Å². The third-order valence-electron chi connectivity index (χ3n) is 4.06. The van der Waals surface area contributed by atoms with Crippen molar-refractivity contribution in [3.8, 4) is 0 Å². The maximum atomic E-state index is 12.4. The van der Waals surface area contributed by atoms with Crippen LogP contribution in [0.2, 0.25) is 0 Å². The molecule has 2 unspecified atom stereocenters. The van der Waals surface area contributed by atoms with Gasteiger partial charge in [-0.1, -0.05) is 48.9 Å². The predicted molar refractivity (Wildman–Crippen MR) is 90.7 cm³/mol. The Balaban J connectivity index is 0.00000576. The number of hydrogen-bond acceptors (Lipinski definition) is 4. The van der Waals surface area contributed by atoms with Gasteiger partial charge in [0.15, 0.2) is 0 Å². The van der Waals surface area contributed by atoms with E-state index in [1.54, 1.807) is 13.8 Å². The fraction of sp³-hybridized carbons (Fsp3) is 0.474. The number of amides is 1. The molecule has 0 fully saturated rings. The smallest absolute Gasteiger partial charge is 0.662 e. The first-order valence-electron chi connectivity index (χ1n) is 8.04. The van der Waals surface area contributed by atoms with E-state index in [1.165, 1.54) is 5.56 Å². The molecule has 0 spiro atoms. The molecule has 132 valence electrons. The molecule has 0 heterocycles. The molecule has 0 radical (unpaired) electrons. The Morgan fingerprint density at radius 2 is 1.80 bits per heavy atom. The van der Waals surface area contributed by atoms with Crippen LogP contribution in [0.1, 0.15) is 52.5 Å². The van der Waals surface area contributed by atoms with Crippen molar-refractivity contribution >= 4 is 11.9 Å². The molecule has 25 heavy (non-hydrogen) atoms. The van der Waals surface area contributed by atoms with Crippen molar-refractivity contribution in [1.29, 1.82) is 0 Å². The Kier molecular flexibility index (Phi) is 10.3. The molecule has 0 aliphatic rings. The van der Waals surface area contributed by atoms with Gasteiger partial charge in [0.05, 0.1) is 12.3 Å². The van der Waals surface area contributed by atoms with Gasteiger partial charge in [-0.15, -0.1) is 0 Å².